The lowest BCUT2D eigenvalue weighted by Gasteiger charge is -2.34. The van der Waals surface area contributed by atoms with Crippen molar-refractivity contribution in [2.24, 2.45) is 11.3 Å². The molecule has 2 aliphatic rings. The molecule has 6 atom stereocenters. The highest BCUT2D eigenvalue weighted by Gasteiger charge is 2.30. The fourth-order valence-corrected chi connectivity index (χ4v) is 3.80. The second-order valence-electron chi connectivity index (χ2n) is 9.42. The van der Waals surface area contributed by atoms with Crippen LogP contribution in [0.2, 0.25) is 0 Å². The van der Waals surface area contributed by atoms with Crippen LogP contribution in [0.25, 0.3) is 0 Å². The molecule has 0 aromatic heterocycles. The smallest absolute Gasteiger partial charge is 0.311 e. The second-order valence-corrected chi connectivity index (χ2v) is 9.42. The lowest BCUT2D eigenvalue weighted by molar-refractivity contribution is -0.154. The summed E-state index contributed by atoms with van der Waals surface area (Å²) in [6.07, 6.45) is 11.4. The normalized spacial score (nSPS) is 32.6. The molecule has 0 radical (unpaired) electrons. The van der Waals surface area contributed by atoms with E-state index < -0.39 is 5.41 Å². The Morgan fingerprint density at radius 2 is 1.93 bits per heavy atom. The third-order valence-electron chi connectivity index (χ3n) is 5.92. The molecule has 5 heteroatoms. The first-order valence-corrected chi connectivity index (χ1v) is 10.9. The van der Waals surface area contributed by atoms with Gasteiger partial charge in [0.2, 0.25) is 0 Å². The largest absolute Gasteiger partial charge is 0.465 e. The molecule has 162 valence electrons. The minimum absolute atomic E-state index is 0.144. The Hall–Kier alpha value is -0.910. The molecule has 2 heterocycles. The number of hydrogen-bond donors (Lipinski definition) is 0. The van der Waals surface area contributed by atoms with Gasteiger partial charge in [0.1, 0.15) is 0 Å². The SMILES string of the molecule is CO[C@H](C)[C@@H]1CC[C@@H](C/C=C/[C@H]2CC[C@H](C)[C@H](CCOC(=O)C(C)(C)C)O2)O1. The van der Waals surface area contributed by atoms with Gasteiger partial charge in [-0.2, -0.15) is 0 Å². The quantitative estimate of drug-likeness (QED) is 0.440. The monoisotopic (exact) mass is 396 g/mol. The molecule has 0 aromatic rings. The lowest BCUT2D eigenvalue weighted by atomic mass is 9.91. The van der Waals surface area contributed by atoms with E-state index in [0.29, 0.717) is 12.5 Å². The van der Waals surface area contributed by atoms with Gasteiger partial charge in [0.25, 0.3) is 0 Å². The first-order valence-electron chi connectivity index (χ1n) is 10.9. The molecule has 0 bridgehead atoms. The van der Waals surface area contributed by atoms with Gasteiger partial charge in [-0.25, -0.2) is 0 Å². The number of methoxy groups -OCH3 is 1. The molecule has 2 rings (SSSR count). The van der Waals surface area contributed by atoms with Crippen LogP contribution in [0.4, 0.5) is 0 Å². The van der Waals surface area contributed by atoms with Crippen LogP contribution in [0, 0.1) is 11.3 Å². The maximum absolute atomic E-state index is 11.9. The first-order chi connectivity index (χ1) is 13.2. The molecule has 0 aromatic carbocycles. The fraction of sp³-hybridized carbons (Fsp3) is 0.870. The van der Waals surface area contributed by atoms with Gasteiger partial charge in [0, 0.05) is 13.5 Å². The molecule has 0 aliphatic carbocycles. The molecule has 2 saturated heterocycles. The maximum atomic E-state index is 11.9. The molecule has 0 saturated carbocycles. The maximum Gasteiger partial charge on any atom is 0.311 e. The summed E-state index contributed by atoms with van der Waals surface area (Å²) >= 11 is 0. The van der Waals surface area contributed by atoms with E-state index in [1.54, 1.807) is 7.11 Å². The first kappa shape index (κ1) is 23.4. The van der Waals surface area contributed by atoms with Gasteiger partial charge >= 0.3 is 5.97 Å². The molecule has 0 spiro atoms. The van der Waals surface area contributed by atoms with E-state index in [4.69, 9.17) is 18.9 Å². The molecular formula is C23H40O5. The summed E-state index contributed by atoms with van der Waals surface area (Å²) in [7, 11) is 1.74. The van der Waals surface area contributed by atoms with Gasteiger partial charge in [-0.3, -0.25) is 4.79 Å². The molecule has 0 unspecified atom stereocenters. The summed E-state index contributed by atoms with van der Waals surface area (Å²) in [4.78, 5) is 11.9. The summed E-state index contributed by atoms with van der Waals surface area (Å²) in [6, 6.07) is 0. The zero-order chi connectivity index (χ0) is 20.7. The van der Waals surface area contributed by atoms with Crippen LogP contribution in [0.1, 0.15) is 73.1 Å². The van der Waals surface area contributed by atoms with Crippen LogP contribution in [0.5, 0.6) is 0 Å². The Balaban J connectivity index is 1.71. The predicted molar refractivity (Wildman–Crippen MR) is 110 cm³/mol. The van der Waals surface area contributed by atoms with E-state index >= 15 is 0 Å². The van der Waals surface area contributed by atoms with E-state index in [-0.39, 0.29) is 36.5 Å². The highest BCUT2D eigenvalue weighted by molar-refractivity contribution is 5.75. The molecule has 2 fully saturated rings. The molecule has 28 heavy (non-hydrogen) atoms. The average molecular weight is 397 g/mol. The van der Waals surface area contributed by atoms with Gasteiger partial charge in [0.15, 0.2) is 0 Å². The van der Waals surface area contributed by atoms with Crippen molar-refractivity contribution in [3.8, 4) is 0 Å². The van der Waals surface area contributed by atoms with E-state index in [0.717, 1.165) is 38.5 Å². The second kappa shape index (κ2) is 10.7. The third-order valence-corrected chi connectivity index (χ3v) is 5.92. The predicted octanol–water partition coefficient (Wildman–Crippen LogP) is 4.68. The van der Waals surface area contributed by atoms with Gasteiger partial charge in [-0.1, -0.05) is 19.1 Å². The Morgan fingerprint density at radius 1 is 1.18 bits per heavy atom. The van der Waals surface area contributed by atoms with Crippen molar-refractivity contribution >= 4 is 5.97 Å². The highest BCUT2D eigenvalue weighted by atomic mass is 16.5. The fourth-order valence-electron chi connectivity index (χ4n) is 3.80. The number of carbonyl (C=O) groups is 1. The highest BCUT2D eigenvalue weighted by Crippen LogP contribution is 2.29. The van der Waals surface area contributed by atoms with Crippen molar-refractivity contribution in [1.82, 2.24) is 0 Å². The van der Waals surface area contributed by atoms with Crippen LogP contribution in [-0.4, -0.2) is 50.2 Å². The number of carbonyl (C=O) groups excluding carboxylic acids is 1. The van der Waals surface area contributed by atoms with Gasteiger partial charge in [-0.15, -0.1) is 0 Å². The van der Waals surface area contributed by atoms with Gasteiger partial charge in [0.05, 0.1) is 42.5 Å². The molecule has 0 N–H and O–H groups in total. The number of hydrogen-bond acceptors (Lipinski definition) is 5. The summed E-state index contributed by atoms with van der Waals surface area (Å²) in [5, 5.41) is 0. The average Bonchev–Trinajstić information content (AvgIpc) is 3.11. The summed E-state index contributed by atoms with van der Waals surface area (Å²) < 4.78 is 23.1. The topological polar surface area (TPSA) is 54.0 Å². The van der Waals surface area contributed by atoms with Crippen LogP contribution in [-0.2, 0) is 23.7 Å². The Kier molecular flexibility index (Phi) is 8.97. The summed E-state index contributed by atoms with van der Waals surface area (Å²) in [5.74, 6) is 0.345. The molecule has 2 aliphatic heterocycles. The van der Waals surface area contributed by atoms with E-state index in [1.165, 1.54) is 0 Å². The van der Waals surface area contributed by atoms with Crippen molar-refractivity contribution in [3.05, 3.63) is 12.2 Å². The molecular weight excluding hydrogens is 356 g/mol. The molecule has 0 amide bonds. The van der Waals surface area contributed by atoms with E-state index in [1.807, 2.05) is 20.8 Å². The van der Waals surface area contributed by atoms with Crippen molar-refractivity contribution in [3.63, 3.8) is 0 Å². The Morgan fingerprint density at radius 3 is 2.61 bits per heavy atom. The minimum Gasteiger partial charge on any atom is -0.465 e. The summed E-state index contributed by atoms with van der Waals surface area (Å²) in [6.45, 7) is 10.3. The third kappa shape index (κ3) is 7.16. The van der Waals surface area contributed by atoms with Gasteiger partial charge in [-0.05, 0) is 65.7 Å². The number of rotatable bonds is 8. The van der Waals surface area contributed by atoms with Crippen molar-refractivity contribution < 1.29 is 23.7 Å². The number of esters is 1. The van der Waals surface area contributed by atoms with Crippen LogP contribution >= 0.6 is 0 Å². The lowest BCUT2D eigenvalue weighted by Crippen LogP contribution is -2.34. The van der Waals surface area contributed by atoms with Crippen molar-refractivity contribution in [2.45, 2.75) is 104 Å². The number of ether oxygens (including phenoxy) is 4. The zero-order valence-electron chi connectivity index (χ0n) is 18.6. The van der Waals surface area contributed by atoms with Crippen molar-refractivity contribution in [1.29, 1.82) is 0 Å². The standard InChI is InChI=1S/C23H40O5/c1-16-10-11-18(27-20(16)14-15-26-22(24)23(3,4)5)8-7-9-19-12-13-21(28-19)17(2)25-6/h7-8,16-21H,9-15H2,1-6H3/b8-7+/t16-,17+,18-,19+,20-,21-/m0/s1. The zero-order valence-corrected chi connectivity index (χ0v) is 18.6. The van der Waals surface area contributed by atoms with Gasteiger partial charge < -0.3 is 18.9 Å². The van der Waals surface area contributed by atoms with E-state index in [9.17, 15) is 4.79 Å². The van der Waals surface area contributed by atoms with E-state index in [2.05, 4.69) is 26.0 Å². The van der Waals surface area contributed by atoms with Crippen molar-refractivity contribution in [2.75, 3.05) is 13.7 Å². The Labute approximate surface area is 171 Å². The van der Waals surface area contributed by atoms with Crippen LogP contribution in [0.3, 0.4) is 0 Å². The summed E-state index contributed by atoms with van der Waals surface area (Å²) in [5.41, 5.74) is -0.452. The Bertz CT molecular complexity index is 510. The minimum atomic E-state index is -0.452. The molecule has 5 nitrogen and oxygen atoms in total. The van der Waals surface area contributed by atoms with Crippen LogP contribution in [0.15, 0.2) is 12.2 Å². The van der Waals surface area contributed by atoms with Crippen LogP contribution < -0.4 is 0 Å².